The smallest absolute Gasteiger partial charge is 0.220 e. The van der Waals surface area contributed by atoms with Gasteiger partial charge in [0.25, 0.3) is 0 Å². The Morgan fingerprint density at radius 3 is 1.46 bits per heavy atom. The minimum atomic E-state index is 0.147. The molecule has 1 N–H and O–H groups in total. The van der Waals surface area contributed by atoms with E-state index in [-0.39, 0.29) is 5.91 Å². The molecule has 0 aliphatic heterocycles. The van der Waals surface area contributed by atoms with Gasteiger partial charge in [-0.05, 0) is 50.9 Å². The van der Waals surface area contributed by atoms with Crippen LogP contribution in [-0.2, 0) is 4.79 Å². The summed E-state index contributed by atoms with van der Waals surface area (Å²) in [6, 6.07) is 0. The summed E-state index contributed by atoms with van der Waals surface area (Å²) in [6.45, 7) is 7.13. The highest BCUT2D eigenvalue weighted by molar-refractivity contribution is 5.75. The van der Waals surface area contributed by atoms with Crippen LogP contribution in [0.15, 0.2) is 72.9 Å². The van der Waals surface area contributed by atoms with Crippen molar-refractivity contribution < 1.29 is 4.79 Å². The second-order valence-electron chi connectivity index (χ2n) is 7.15. The SMILES string of the molecule is CCC=CCC=CCC=CCC=CCC=CCC=CCCC(=O)NCC(C)C. The summed E-state index contributed by atoms with van der Waals surface area (Å²) >= 11 is 0. The van der Waals surface area contributed by atoms with E-state index >= 15 is 0 Å². The van der Waals surface area contributed by atoms with Crippen LogP contribution >= 0.6 is 0 Å². The topological polar surface area (TPSA) is 29.1 Å². The molecule has 0 aromatic rings. The highest BCUT2D eigenvalue weighted by Gasteiger charge is 1.99. The average Bonchev–Trinajstić information content (AvgIpc) is 2.68. The predicted octanol–water partition coefficient (Wildman–Crippen LogP) is 7.24. The number of carbonyl (C=O) groups is 1. The number of hydrogen-bond acceptors (Lipinski definition) is 1. The van der Waals surface area contributed by atoms with Crippen LogP contribution in [0.5, 0.6) is 0 Å². The summed E-state index contributed by atoms with van der Waals surface area (Å²) < 4.78 is 0. The Morgan fingerprint density at radius 2 is 1.07 bits per heavy atom. The van der Waals surface area contributed by atoms with Gasteiger partial charge in [0.2, 0.25) is 5.91 Å². The largest absolute Gasteiger partial charge is 0.356 e. The van der Waals surface area contributed by atoms with E-state index in [1.807, 2.05) is 0 Å². The average molecular weight is 384 g/mol. The maximum absolute atomic E-state index is 11.6. The third-order valence-corrected chi connectivity index (χ3v) is 3.84. The first-order chi connectivity index (χ1) is 13.7. The predicted molar refractivity (Wildman–Crippen MR) is 125 cm³/mol. The van der Waals surface area contributed by atoms with Crippen molar-refractivity contribution >= 4 is 5.91 Å². The number of allylic oxidation sites excluding steroid dienone is 12. The van der Waals surface area contributed by atoms with Gasteiger partial charge in [-0.15, -0.1) is 0 Å². The Kier molecular flexibility index (Phi) is 19.6. The Hall–Kier alpha value is -2.09. The molecule has 0 saturated carbocycles. The van der Waals surface area contributed by atoms with Crippen LogP contribution in [0.25, 0.3) is 0 Å². The van der Waals surface area contributed by atoms with Crippen molar-refractivity contribution in [2.45, 2.75) is 72.1 Å². The van der Waals surface area contributed by atoms with Crippen molar-refractivity contribution in [3.05, 3.63) is 72.9 Å². The van der Waals surface area contributed by atoms with Crippen LogP contribution in [0, 0.1) is 5.92 Å². The van der Waals surface area contributed by atoms with E-state index in [4.69, 9.17) is 0 Å². The summed E-state index contributed by atoms with van der Waals surface area (Å²) in [5.74, 6) is 0.656. The standard InChI is InChI=1S/C26H41NO/c1-4-5-6-7-8-9-10-11-12-13-14-15-16-17-18-19-20-21-22-23-26(28)27-24-25(2)3/h5-6,8-9,11-12,14-15,17-18,20-21,25H,4,7,10,13,16,19,22-24H2,1-3H3,(H,27,28). The van der Waals surface area contributed by atoms with Gasteiger partial charge in [0.1, 0.15) is 0 Å². The fourth-order valence-electron chi connectivity index (χ4n) is 2.26. The van der Waals surface area contributed by atoms with Crippen LogP contribution in [0.4, 0.5) is 0 Å². The minimum Gasteiger partial charge on any atom is -0.356 e. The van der Waals surface area contributed by atoms with Crippen molar-refractivity contribution in [3.8, 4) is 0 Å². The molecule has 0 saturated heterocycles. The third kappa shape index (κ3) is 22.0. The lowest BCUT2D eigenvalue weighted by molar-refractivity contribution is -0.121. The first kappa shape index (κ1) is 25.9. The number of rotatable bonds is 16. The van der Waals surface area contributed by atoms with Crippen molar-refractivity contribution in [2.75, 3.05) is 6.54 Å². The lowest BCUT2D eigenvalue weighted by Crippen LogP contribution is -2.26. The molecule has 0 aromatic carbocycles. The quantitative estimate of drug-likeness (QED) is 0.280. The molecule has 0 rings (SSSR count). The molecule has 0 fully saturated rings. The van der Waals surface area contributed by atoms with E-state index < -0.39 is 0 Å². The van der Waals surface area contributed by atoms with Gasteiger partial charge >= 0.3 is 0 Å². The molecule has 1 amide bonds. The molecule has 28 heavy (non-hydrogen) atoms. The van der Waals surface area contributed by atoms with Crippen LogP contribution in [0.1, 0.15) is 72.1 Å². The van der Waals surface area contributed by atoms with Crippen molar-refractivity contribution in [3.63, 3.8) is 0 Å². The fraction of sp³-hybridized carbons (Fsp3) is 0.500. The van der Waals surface area contributed by atoms with Gasteiger partial charge in [-0.2, -0.15) is 0 Å². The second kappa shape index (κ2) is 21.2. The Labute approximate surface area is 173 Å². The van der Waals surface area contributed by atoms with Crippen LogP contribution in [-0.4, -0.2) is 12.5 Å². The third-order valence-electron chi connectivity index (χ3n) is 3.84. The van der Waals surface area contributed by atoms with Gasteiger partial charge in [-0.25, -0.2) is 0 Å². The van der Waals surface area contributed by atoms with E-state index in [1.165, 1.54) is 0 Å². The van der Waals surface area contributed by atoms with E-state index in [0.717, 1.165) is 51.5 Å². The van der Waals surface area contributed by atoms with Crippen LogP contribution < -0.4 is 5.32 Å². The molecule has 0 bridgehead atoms. The Balaban J connectivity index is 3.57. The van der Waals surface area contributed by atoms with Crippen LogP contribution in [0.2, 0.25) is 0 Å². The fourth-order valence-corrected chi connectivity index (χ4v) is 2.26. The summed E-state index contributed by atoms with van der Waals surface area (Å²) in [6.07, 6.45) is 33.7. The van der Waals surface area contributed by atoms with Gasteiger partial charge in [0.05, 0.1) is 0 Å². The zero-order chi connectivity index (χ0) is 20.7. The lowest BCUT2D eigenvalue weighted by atomic mass is 10.2. The Morgan fingerprint density at radius 1 is 0.679 bits per heavy atom. The molecule has 0 atom stereocenters. The summed E-state index contributed by atoms with van der Waals surface area (Å²) in [7, 11) is 0. The van der Waals surface area contributed by atoms with Crippen LogP contribution in [0.3, 0.4) is 0 Å². The Bertz CT molecular complexity index is 533. The monoisotopic (exact) mass is 383 g/mol. The molecule has 0 heterocycles. The van der Waals surface area contributed by atoms with Crippen molar-refractivity contribution in [1.29, 1.82) is 0 Å². The summed E-state index contributed by atoms with van der Waals surface area (Å²) in [4.78, 5) is 11.6. The lowest BCUT2D eigenvalue weighted by Gasteiger charge is -2.06. The summed E-state index contributed by atoms with van der Waals surface area (Å²) in [5, 5.41) is 2.94. The zero-order valence-corrected chi connectivity index (χ0v) is 18.3. The maximum Gasteiger partial charge on any atom is 0.220 e. The van der Waals surface area contributed by atoms with E-state index in [1.54, 1.807) is 0 Å². The molecule has 0 unspecified atom stereocenters. The maximum atomic E-state index is 11.6. The molecule has 0 radical (unpaired) electrons. The highest BCUT2D eigenvalue weighted by atomic mass is 16.1. The molecule has 0 aromatic heterocycles. The highest BCUT2D eigenvalue weighted by Crippen LogP contribution is 1.98. The van der Waals surface area contributed by atoms with E-state index in [0.29, 0.717) is 12.3 Å². The van der Waals surface area contributed by atoms with E-state index in [9.17, 15) is 4.79 Å². The molecule has 2 heteroatoms. The number of nitrogens with one attached hydrogen (secondary N) is 1. The molecule has 0 spiro atoms. The number of carbonyl (C=O) groups excluding carboxylic acids is 1. The van der Waals surface area contributed by atoms with Crippen molar-refractivity contribution in [1.82, 2.24) is 5.32 Å². The number of hydrogen-bond donors (Lipinski definition) is 1. The van der Waals surface area contributed by atoms with E-state index in [2.05, 4.69) is 99.0 Å². The molecule has 2 nitrogen and oxygen atoms in total. The zero-order valence-electron chi connectivity index (χ0n) is 18.3. The second-order valence-corrected chi connectivity index (χ2v) is 7.15. The van der Waals surface area contributed by atoms with Gasteiger partial charge in [-0.1, -0.05) is 93.7 Å². The molecule has 0 aliphatic rings. The van der Waals surface area contributed by atoms with Gasteiger partial charge < -0.3 is 5.32 Å². The number of amides is 1. The minimum absolute atomic E-state index is 0.147. The summed E-state index contributed by atoms with van der Waals surface area (Å²) in [5.41, 5.74) is 0. The van der Waals surface area contributed by atoms with Gasteiger partial charge in [0.15, 0.2) is 0 Å². The first-order valence-corrected chi connectivity index (χ1v) is 10.8. The van der Waals surface area contributed by atoms with Gasteiger partial charge in [-0.3, -0.25) is 4.79 Å². The molecule has 156 valence electrons. The van der Waals surface area contributed by atoms with Gasteiger partial charge in [0, 0.05) is 13.0 Å². The molecular formula is C26H41NO. The molecular weight excluding hydrogens is 342 g/mol. The normalized spacial score (nSPS) is 13.0. The van der Waals surface area contributed by atoms with Crippen molar-refractivity contribution in [2.24, 2.45) is 5.92 Å². The first-order valence-electron chi connectivity index (χ1n) is 10.8. The molecule has 0 aliphatic carbocycles.